The van der Waals surface area contributed by atoms with Crippen LogP contribution >= 0.6 is 0 Å². The topological polar surface area (TPSA) is 88.7 Å². The molecule has 0 atom stereocenters. The lowest BCUT2D eigenvalue weighted by Gasteiger charge is -2.22. The van der Waals surface area contributed by atoms with Crippen molar-refractivity contribution in [1.29, 1.82) is 5.26 Å². The van der Waals surface area contributed by atoms with Gasteiger partial charge in [-0.05, 0) is 42.2 Å². The van der Waals surface area contributed by atoms with Crippen LogP contribution in [0.3, 0.4) is 0 Å². The van der Waals surface area contributed by atoms with Crippen molar-refractivity contribution in [1.82, 2.24) is 9.97 Å². The van der Waals surface area contributed by atoms with Gasteiger partial charge in [0.2, 0.25) is 0 Å². The summed E-state index contributed by atoms with van der Waals surface area (Å²) in [5, 5.41) is 9.47. The van der Waals surface area contributed by atoms with E-state index in [9.17, 15) is 5.26 Å². The molecule has 1 aliphatic carbocycles. The quantitative estimate of drug-likeness (QED) is 0.743. The first-order valence-electron chi connectivity index (χ1n) is 6.99. The Labute approximate surface area is 127 Å². The zero-order valence-corrected chi connectivity index (χ0v) is 11.7. The fraction of sp³-hybridized carbons (Fsp3) is 0.118. The van der Waals surface area contributed by atoms with Gasteiger partial charge in [0, 0.05) is 23.5 Å². The van der Waals surface area contributed by atoms with Crippen LogP contribution in [0.2, 0.25) is 0 Å². The molecule has 0 spiro atoms. The van der Waals surface area contributed by atoms with Crippen LogP contribution in [-0.2, 0) is 12.8 Å². The molecule has 0 fully saturated rings. The van der Waals surface area contributed by atoms with Gasteiger partial charge < -0.3 is 10.2 Å². The first kappa shape index (κ1) is 12.6. The number of rotatable bonds is 1. The SMILES string of the molecule is N#Cc1c(N)nc2c(c1-c1ccco1)CCc1cnccc1-2. The fourth-order valence-electron chi connectivity index (χ4n) is 3.03. The van der Waals surface area contributed by atoms with E-state index in [-0.39, 0.29) is 5.82 Å². The molecule has 5 heteroatoms. The number of nitrogens with two attached hydrogens (primary N) is 1. The van der Waals surface area contributed by atoms with Gasteiger partial charge in [-0.1, -0.05) is 0 Å². The number of pyridine rings is 2. The second-order valence-electron chi connectivity index (χ2n) is 5.20. The number of anilines is 1. The molecule has 0 saturated carbocycles. The molecule has 0 saturated heterocycles. The Morgan fingerprint density at radius 1 is 1.27 bits per heavy atom. The minimum atomic E-state index is 0.234. The average molecular weight is 288 g/mol. The van der Waals surface area contributed by atoms with E-state index in [2.05, 4.69) is 16.0 Å². The monoisotopic (exact) mass is 288 g/mol. The van der Waals surface area contributed by atoms with Crippen LogP contribution in [0, 0.1) is 11.3 Å². The number of nitrogens with zero attached hydrogens (tertiary/aromatic N) is 3. The molecule has 0 aliphatic heterocycles. The minimum Gasteiger partial charge on any atom is -0.464 e. The van der Waals surface area contributed by atoms with Crippen molar-refractivity contribution in [2.24, 2.45) is 0 Å². The predicted molar refractivity (Wildman–Crippen MR) is 81.7 cm³/mol. The number of fused-ring (bicyclic) bond motifs is 3. The standard InChI is InChI=1S/C17H12N4O/c18-8-13-15(14-2-1-7-22-14)12-4-3-10-9-20-6-5-11(10)16(12)21-17(13)19/h1-2,5-7,9H,3-4H2,(H2,19,21). The van der Waals surface area contributed by atoms with Crippen molar-refractivity contribution in [2.45, 2.75) is 12.8 Å². The van der Waals surface area contributed by atoms with Gasteiger partial charge >= 0.3 is 0 Å². The number of nitrogen functional groups attached to an aromatic ring is 1. The summed E-state index contributed by atoms with van der Waals surface area (Å²) in [7, 11) is 0. The van der Waals surface area contributed by atoms with Gasteiger partial charge in [0.1, 0.15) is 23.2 Å². The summed E-state index contributed by atoms with van der Waals surface area (Å²) in [6.07, 6.45) is 6.85. The van der Waals surface area contributed by atoms with Gasteiger partial charge in [0.25, 0.3) is 0 Å². The molecule has 4 rings (SSSR count). The summed E-state index contributed by atoms with van der Waals surface area (Å²) >= 11 is 0. The van der Waals surface area contributed by atoms with E-state index in [4.69, 9.17) is 10.2 Å². The Hall–Kier alpha value is -3.13. The second kappa shape index (κ2) is 4.71. The van der Waals surface area contributed by atoms with Gasteiger partial charge in [-0.3, -0.25) is 4.98 Å². The van der Waals surface area contributed by atoms with Gasteiger partial charge in [0.05, 0.1) is 12.0 Å². The highest BCUT2D eigenvalue weighted by Gasteiger charge is 2.26. The molecule has 106 valence electrons. The normalized spacial score (nSPS) is 12.3. The highest BCUT2D eigenvalue weighted by atomic mass is 16.3. The third-order valence-electron chi connectivity index (χ3n) is 4.01. The Balaban J connectivity index is 2.09. The van der Waals surface area contributed by atoms with Gasteiger partial charge in [0.15, 0.2) is 0 Å². The van der Waals surface area contributed by atoms with Crippen molar-refractivity contribution < 1.29 is 4.42 Å². The summed E-state index contributed by atoms with van der Waals surface area (Å²) < 4.78 is 5.52. The Morgan fingerprint density at radius 2 is 2.18 bits per heavy atom. The number of hydrogen-bond donors (Lipinski definition) is 1. The van der Waals surface area contributed by atoms with Crippen LogP contribution in [-0.4, -0.2) is 9.97 Å². The molecule has 2 N–H and O–H groups in total. The summed E-state index contributed by atoms with van der Waals surface area (Å²) in [6, 6.07) is 7.76. The van der Waals surface area contributed by atoms with Gasteiger partial charge in [-0.25, -0.2) is 4.98 Å². The largest absolute Gasteiger partial charge is 0.464 e. The molecule has 5 nitrogen and oxygen atoms in total. The highest BCUT2D eigenvalue weighted by molar-refractivity contribution is 5.84. The molecule has 0 bridgehead atoms. The van der Waals surface area contributed by atoms with Gasteiger partial charge in [-0.15, -0.1) is 0 Å². The zero-order chi connectivity index (χ0) is 15.1. The van der Waals surface area contributed by atoms with Crippen LogP contribution in [0.5, 0.6) is 0 Å². The lowest BCUT2D eigenvalue weighted by Crippen LogP contribution is -2.11. The van der Waals surface area contributed by atoms with Crippen LogP contribution in [0.25, 0.3) is 22.6 Å². The molecule has 3 heterocycles. The summed E-state index contributed by atoms with van der Waals surface area (Å²) in [5.74, 6) is 0.886. The van der Waals surface area contributed by atoms with E-state index in [0.29, 0.717) is 11.3 Å². The van der Waals surface area contributed by atoms with E-state index < -0.39 is 0 Å². The lowest BCUT2D eigenvalue weighted by atomic mass is 9.85. The van der Waals surface area contributed by atoms with E-state index in [0.717, 1.165) is 40.8 Å². The molecule has 0 radical (unpaired) electrons. The third kappa shape index (κ3) is 1.71. The number of aromatic nitrogens is 2. The first-order chi connectivity index (χ1) is 10.8. The van der Waals surface area contributed by atoms with Crippen molar-refractivity contribution in [3.63, 3.8) is 0 Å². The number of nitriles is 1. The van der Waals surface area contributed by atoms with Crippen molar-refractivity contribution >= 4 is 5.82 Å². The predicted octanol–water partition coefficient (Wildman–Crippen LogP) is 2.96. The summed E-state index contributed by atoms with van der Waals surface area (Å²) in [6.45, 7) is 0. The Bertz CT molecular complexity index is 907. The number of hydrogen-bond acceptors (Lipinski definition) is 5. The minimum absolute atomic E-state index is 0.234. The first-order valence-corrected chi connectivity index (χ1v) is 6.99. The van der Waals surface area contributed by atoms with Crippen molar-refractivity contribution in [2.75, 3.05) is 5.73 Å². The van der Waals surface area contributed by atoms with Crippen LogP contribution in [0.15, 0.2) is 41.3 Å². The maximum absolute atomic E-state index is 9.47. The van der Waals surface area contributed by atoms with E-state index >= 15 is 0 Å². The smallest absolute Gasteiger partial charge is 0.142 e. The molecule has 3 aromatic heterocycles. The molecule has 0 amide bonds. The maximum Gasteiger partial charge on any atom is 0.142 e. The lowest BCUT2D eigenvalue weighted by molar-refractivity contribution is 0.581. The number of furan rings is 1. The molecule has 0 aromatic carbocycles. The van der Waals surface area contributed by atoms with Crippen molar-refractivity contribution in [3.05, 3.63) is 53.5 Å². The molecule has 0 unspecified atom stereocenters. The van der Waals surface area contributed by atoms with E-state index in [1.165, 1.54) is 0 Å². The second-order valence-corrected chi connectivity index (χ2v) is 5.20. The molecular formula is C17H12N4O. The highest BCUT2D eigenvalue weighted by Crippen LogP contribution is 2.40. The van der Waals surface area contributed by atoms with E-state index in [1.807, 2.05) is 18.3 Å². The van der Waals surface area contributed by atoms with Gasteiger partial charge in [-0.2, -0.15) is 5.26 Å². The van der Waals surface area contributed by atoms with E-state index in [1.54, 1.807) is 18.5 Å². The Morgan fingerprint density at radius 3 is 2.95 bits per heavy atom. The molecule has 3 aromatic rings. The number of aryl methyl sites for hydroxylation is 1. The van der Waals surface area contributed by atoms with Crippen LogP contribution in [0.1, 0.15) is 16.7 Å². The third-order valence-corrected chi connectivity index (χ3v) is 4.01. The average Bonchev–Trinajstić information content (AvgIpc) is 3.07. The molecular weight excluding hydrogens is 276 g/mol. The molecule has 22 heavy (non-hydrogen) atoms. The molecule has 1 aliphatic rings. The Kier molecular flexibility index (Phi) is 2.70. The fourth-order valence-corrected chi connectivity index (χ4v) is 3.03. The summed E-state index contributed by atoms with van der Waals surface area (Å²) in [5.41, 5.74) is 11.2. The summed E-state index contributed by atoms with van der Waals surface area (Å²) in [4.78, 5) is 8.65. The maximum atomic E-state index is 9.47. The van der Waals surface area contributed by atoms with Crippen LogP contribution in [0.4, 0.5) is 5.82 Å². The van der Waals surface area contributed by atoms with Crippen LogP contribution < -0.4 is 5.73 Å². The zero-order valence-electron chi connectivity index (χ0n) is 11.7. The van der Waals surface area contributed by atoms with Crippen molar-refractivity contribution in [3.8, 4) is 28.7 Å².